The van der Waals surface area contributed by atoms with E-state index >= 15 is 0 Å². The Kier molecular flexibility index (Phi) is 9.27. The normalized spacial score (nSPS) is 41.8. The van der Waals surface area contributed by atoms with Gasteiger partial charge in [-0.15, -0.1) is 0 Å². The van der Waals surface area contributed by atoms with Crippen molar-refractivity contribution in [3.05, 3.63) is 11.4 Å². The van der Waals surface area contributed by atoms with E-state index in [4.69, 9.17) is 38.3 Å². The molecule has 3 aliphatic heterocycles. The summed E-state index contributed by atoms with van der Waals surface area (Å²) in [5.74, 6) is 0. The fraction of sp³-hybridized carbons (Fsp3) is 0.952. The Hall–Kier alpha value is 0.220. The molecular formula is C21H38N2O7P2S. The van der Waals surface area contributed by atoms with Crippen molar-refractivity contribution >= 4 is 26.7 Å². The molecule has 33 heavy (non-hydrogen) atoms. The minimum absolute atomic E-state index is 0.0877. The number of ether oxygens (including phenoxy) is 2. The fourth-order valence-electron chi connectivity index (χ4n) is 3.92. The van der Waals surface area contributed by atoms with Crippen LogP contribution in [0.4, 0.5) is 0 Å². The van der Waals surface area contributed by atoms with E-state index in [9.17, 15) is 4.57 Å². The highest BCUT2D eigenvalue weighted by Gasteiger charge is 2.47. The van der Waals surface area contributed by atoms with Crippen molar-refractivity contribution in [3.63, 3.8) is 0 Å². The van der Waals surface area contributed by atoms with Crippen LogP contribution in [-0.2, 0) is 32.1 Å². The molecule has 0 amide bonds. The maximum absolute atomic E-state index is 13.5. The fourth-order valence-corrected chi connectivity index (χ4v) is 10.2. The van der Waals surface area contributed by atoms with Gasteiger partial charge in [-0.25, -0.2) is 15.8 Å². The Morgan fingerprint density at radius 2 is 2.00 bits per heavy atom. The molecule has 3 saturated heterocycles. The molecule has 3 fully saturated rings. The molecule has 9 nitrogen and oxygen atoms in total. The molecule has 3 rings (SSSR count). The Morgan fingerprint density at radius 3 is 2.70 bits per heavy atom. The quantitative estimate of drug-likeness (QED) is 0.202. The molecule has 0 spiro atoms. The first-order valence-corrected chi connectivity index (χ1v) is 15.5. The molecule has 12 heteroatoms. The Morgan fingerprint density at radius 1 is 1.27 bits per heavy atom. The van der Waals surface area contributed by atoms with E-state index < -0.39 is 52.9 Å². The summed E-state index contributed by atoms with van der Waals surface area (Å²) in [5, 5.41) is -0.292. The number of hydrogen-bond donors (Lipinski definition) is 0. The first kappa shape index (κ1) is 23.6. The molecule has 0 bridgehead atoms. The average molecular weight is 530 g/mol. The van der Waals surface area contributed by atoms with Gasteiger partial charge in [0.25, 0.3) is 8.53 Å². The van der Waals surface area contributed by atoms with Crippen LogP contribution in [0.25, 0.3) is 4.85 Å². The van der Waals surface area contributed by atoms with E-state index in [-0.39, 0.29) is 50.4 Å². The second-order valence-corrected chi connectivity index (χ2v) is 14.2. The van der Waals surface area contributed by atoms with Crippen LogP contribution in [0.1, 0.15) is 58.0 Å². The first-order chi connectivity index (χ1) is 17.1. The van der Waals surface area contributed by atoms with Crippen molar-refractivity contribution in [3.8, 4) is 0 Å². The molecule has 3 aliphatic rings. The summed E-state index contributed by atoms with van der Waals surface area (Å²) in [6.07, 6.45) is -1.09. The lowest BCUT2D eigenvalue weighted by atomic mass is 10.1. The molecule has 0 saturated carbocycles. The number of rotatable bonds is 11. The lowest BCUT2D eigenvalue weighted by Gasteiger charge is -2.39. The average Bonchev–Trinajstić information content (AvgIpc) is 3.33. The van der Waals surface area contributed by atoms with Gasteiger partial charge in [-0.2, -0.15) is 0 Å². The molecule has 0 aromatic heterocycles. The maximum atomic E-state index is 13.5. The third kappa shape index (κ3) is 7.60. The molecule has 190 valence electrons. The second kappa shape index (κ2) is 13.0. The monoisotopic (exact) mass is 529 g/mol. The third-order valence-electron chi connectivity index (χ3n) is 5.39. The molecule has 9 atom stereocenters. The lowest BCUT2D eigenvalue weighted by Crippen LogP contribution is -2.39. The van der Waals surface area contributed by atoms with Crippen LogP contribution in [0, 0.1) is 6.57 Å². The predicted molar refractivity (Wildman–Crippen MR) is 130 cm³/mol. The highest BCUT2D eigenvalue weighted by atomic mass is 32.7. The number of hydrogen-bond acceptors (Lipinski definition) is 9. The minimum Gasteiger partial charge on any atom is -0.376 e. The smallest absolute Gasteiger partial charge is 0.376 e. The van der Waals surface area contributed by atoms with E-state index in [0.29, 0.717) is 12.8 Å². The van der Waals surface area contributed by atoms with Gasteiger partial charge in [-0.3, -0.25) is 4.52 Å². The highest BCUT2D eigenvalue weighted by Crippen LogP contribution is 2.67. The van der Waals surface area contributed by atoms with Gasteiger partial charge in [0.15, 0.2) is 0 Å². The largest absolute Gasteiger partial charge is 0.389 e. The molecule has 0 aromatic rings. The van der Waals surface area contributed by atoms with Crippen molar-refractivity contribution < 1.29 is 36.2 Å². The van der Waals surface area contributed by atoms with Gasteiger partial charge >= 0.3 is 6.80 Å². The van der Waals surface area contributed by atoms with Crippen LogP contribution in [-0.4, -0.2) is 79.3 Å². The lowest BCUT2D eigenvalue weighted by molar-refractivity contribution is 0.0347. The van der Waals surface area contributed by atoms with E-state index in [1.165, 1.54) is 0 Å². The van der Waals surface area contributed by atoms with Crippen molar-refractivity contribution in [2.75, 3.05) is 32.9 Å². The summed E-state index contributed by atoms with van der Waals surface area (Å²) in [7, 11) is -1.51. The molecule has 1 unspecified atom stereocenters. The second-order valence-electron chi connectivity index (χ2n) is 8.60. The van der Waals surface area contributed by atoms with Gasteiger partial charge in [0.05, 0.1) is 33.8 Å². The molecule has 3 heterocycles. The van der Waals surface area contributed by atoms with Crippen molar-refractivity contribution in [1.29, 1.82) is 0 Å². The van der Waals surface area contributed by atoms with E-state index in [2.05, 4.69) is 37.2 Å². The van der Waals surface area contributed by atoms with Gasteiger partial charge in [-0.1, -0.05) is 0 Å². The first-order valence-electron chi connectivity index (χ1n) is 13.2. The zero-order chi connectivity index (χ0) is 26.5. The SMILES string of the molecule is [2H]C[C@H]1O[C@@H]([3H])C[C@@H]1O[P@@]1(=O)OCC[C@H]([C@H]2O[C@@H]([3H])C[C@@H]2OP(OCC[N+]#[C-])N(C(C)C)C(C)C)S1. The maximum Gasteiger partial charge on any atom is 0.389 e. The van der Waals surface area contributed by atoms with E-state index in [1.54, 1.807) is 0 Å². The summed E-state index contributed by atoms with van der Waals surface area (Å²) >= 11 is 1.06. The summed E-state index contributed by atoms with van der Waals surface area (Å²) in [6, 6.07) is 0.282. The zero-order valence-corrected chi connectivity index (χ0v) is 22.3. The van der Waals surface area contributed by atoms with Crippen molar-refractivity contribution in [1.82, 2.24) is 4.67 Å². The summed E-state index contributed by atoms with van der Waals surface area (Å²) in [4.78, 5) is 3.38. The third-order valence-corrected chi connectivity index (χ3v) is 11.8. The summed E-state index contributed by atoms with van der Waals surface area (Å²) < 4.78 is 74.7. The highest BCUT2D eigenvalue weighted by molar-refractivity contribution is 8.55. The van der Waals surface area contributed by atoms with Gasteiger partial charge in [0, 0.05) is 44.7 Å². The van der Waals surface area contributed by atoms with Crippen LogP contribution >= 0.6 is 26.7 Å². The van der Waals surface area contributed by atoms with Crippen LogP contribution in [0.5, 0.6) is 0 Å². The van der Waals surface area contributed by atoms with Gasteiger partial charge in [0.2, 0.25) is 6.54 Å². The van der Waals surface area contributed by atoms with Crippen LogP contribution in [0.15, 0.2) is 0 Å². The van der Waals surface area contributed by atoms with Crippen LogP contribution < -0.4 is 0 Å². The van der Waals surface area contributed by atoms with Gasteiger partial charge < -0.3 is 27.9 Å². The Labute approximate surface area is 207 Å². The molecule has 0 aromatic carbocycles. The topological polar surface area (TPSA) is 80.1 Å². The van der Waals surface area contributed by atoms with E-state index in [0.717, 1.165) is 11.4 Å². The van der Waals surface area contributed by atoms with Crippen LogP contribution in [0.3, 0.4) is 0 Å². The van der Waals surface area contributed by atoms with Crippen LogP contribution in [0.2, 0.25) is 0 Å². The molecular weight excluding hydrogens is 486 g/mol. The van der Waals surface area contributed by atoms with Gasteiger partial charge in [0.1, 0.15) is 6.61 Å². The molecule has 0 radical (unpaired) electrons. The molecule has 0 N–H and O–H groups in total. The van der Waals surface area contributed by atoms with Gasteiger partial charge in [-0.05, 0) is 52.4 Å². The Balaban J connectivity index is 1.72. The summed E-state index contributed by atoms with van der Waals surface area (Å²) in [6.45, 7) is 10.7. The zero-order valence-electron chi connectivity index (χ0n) is 22.7. The minimum atomic E-state index is -3.60. The van der Waals surface area contributed by atoms with Crippen molar-refractivity contribution in [2.45, 2.75) is 95.6 Å². The number of nitrogens with zero attached hydrogens (tertiary/aromatic N) is 2. The molecule has 0 aliphatic carbocycles. The summed E-state index contributed by atoms with van der Waals surface area (Å²) in [5.41, 5.74) is 0. The van der Waals surface area contributed by atoms with E-state index in [1.807, 2.05) is 0 Å². The standard InChI is InChI=1S/C21H38N2O7P2S/c1-15(2)23(16(3)4)31(27-14-10-22-6)29-19-8-12-26-21(19)20-9-13-28-32(24,33-20)30-18-7-11-25-17(18)5/h15-21H,7-14H2,1-5H3/t17-,18+,19+,20-,21+,31?,32-/m1/s1/i5D,11T,12T/t11-,12-,17+,18-,19-,20+,21-,31?,32+/m0. The Bertz CT molecular complexity index is 791. The predicted octanol–water partition coefficient (Wildman–Crippen LogP) is 5.27. The van der Waals surface area contributed by atoms with Crippen molar-refractivity contribution in [2.24, 2.45) is 0 Å².